The molecule has 0 saturated heterocycles. The Balaban J connectivity index is 1.61. The number of carbonyl (C=O) groups excluding carboxylic acids is 1. The zero-order valence-corrected chi connectivity index (χ0v) is 16.4. The Hall–Kier alpha value is -2.19. The highest BCUT2D eigenvalue weighted by atomic mass is 32.2. The third-order valence-corrected chi connectivity index (χ3v) is 5.90. The second kappa shape index (κ2) is 8.01. The molecule has 3 aromatic rings. The molecule has 136 valence electrons. The molecule has 0 aliphatic heterocycles. The van der Waals surface area contributed by atoms with E-state index in [9.17, 15) is 9.59 Å². The zero-order chi connectivity index (χ0) is 18.7. The van der Waals surface area contributed by atoms with E-state index >= 15 is 0 Å². The van der Waals surface area contributed by atoms with Crippen molar-refractivity contribution in [1.29, 1.82) is 0 Å². The minimum Gasteiger partial charge on any atom is -0.459 e. The molecule has 0 N–H and O–H groups in total. The van der Waals surface area contributed by atoms with E-state index in [-0.39, 0.29) is 23.9 Å². The van der Waals surface area contributed by atoms with E-state index in [1.165, 1.54) is 33.7 Å². The fraction of sp³-hybridized carbons (Fsp3) is 0.333. The number of benzene rings is 1. The monoisotopic (exact) mass is 389 g/mol. The molecule has 3 rings (SSSR count). The summed E-state index contributed by atoms with van der Waals surface area (Å²) >= 11 is 2.81. The molecule has 2 heterocycles. The lowest BCUT2D eigenvalue weighted by molar-refractivity contribution is -0.141. The summed E-state index contributed by atoms with van der Waals surface area (Å²) in [7, 11) is 0. The zero-order valence-electron chi connectivity index (χ0n) is 14.8. The predicted molar refractivity (Wildman–Crippen MR) is 103 cm³/mol. The van der Waals surface area contributed by atoms with Crippen LogP contribution in [0, 0.1) is 13.8 Å². The normalized spacial score (nSPS) is 11.0. The van der Waals surface area contributed by atoms with Gasteiger partial charge < -0.3 is 4.74 Å². The lowest BCUT2D eigenvalue weighted by Crippen LogP contribution is -2.17. The number of fused-ring (bicyclic) bond motifs is 1. The second-order valence-electron chi connectivity index (χ2n) is 5.85. The summed E-state index contributed by atoms with van der Waals surface area (Å²) in [6.07, 6.45) is 0.743. The molecule has 0 fully saturated rings. The smallest absolute Gasteiger partial charge is 0.316 e. The number of esters is 1. The molecular weight excluding hydrogens is 370 g/mol. The largest absolute Gasteiger partial charge is 0.459 e. The van der Waals surface area contributed by atoms with E-state index in [1.54, 1.807) is 0 Å². The number of hydrogen-bond donors (Lipinski definition) is 0. The number of carbonyl (C=O) groups is 1. The Morgan fingerprint density at radius 3 is 2.88 bits per heavy atom. The molecule has 2 aromatic heterocycles. The molecule has 0 unspecified atom stereocenters. The van der Waals surface area contributed by atoms with Crippen molar-refractivity contribution in [3.05, 3.63) is 56.4 Å². The molecule has 0 spiro atoms. The standard InChI is InChI=1S/C18H19N3O3S2/c1-4-15-20-21-16(22)8-13(19-18(21)26-15)9-24-17(23)10-25-14-7-11(2)5-6-12(14)3/h5-8H,4,9-10H2,1-3H3. The lowest BCUT2D eigenvalue weighted by atomic mass is 10.2. The maximum absolute atomic E-state index is 12.1. The summed E-state index contributed by atoms with van der Waals surface area (Å²) in [6, 6.07) is 7.49. The molecular formula is C18H19N3O3S2. The highest BCUT2D eigenvalue weighted by Gasteiger charge is 2.11. The van der Waals surface area contributed by atoms with Crippen LogP contribution in [0.3, 0.4) is 0 Å². The molecule has 0 atom stereocenters. The molecule has 1 aromatic carbocycles. The van der Waals surface area contributed by atoms with Crippen molar-refractivity contribution in [2.45, 2.75) is 38.7 Å². The maximum Gasteiger partial charge on any atom is 0.316 e. The number of aromatic nitrogens is 3. The summed E-state index contributed by atoms with van der Waals surface area (Å²) in [5.41, 5.74) is 2.46. The van der Waals surface area contributed by atoms with Crippen LogP contribution >= 0.6 is 23.1 Å². The van der Waals surface area contributed by atoms with Crippen LogP contribution in [0.5, 0.6) is 0 Å². The van der Waals surface area contributed by atoms with Gasteiger partial charge in [0.15, 0.2) is 0 Å². The maximum atomic E-state index is 12.1. The number of rotatable bonds is 6. The van der Waals surface area contributed by atoms with E-state index in [0.717, 1.165) is 27.5 Å². The summed E-state index contributed by atoms with van der Waals surface area (Å²) in [5, 5.41) is 5.04. The van der Waals surface area contributed by atoms with E-state index < -0.39 is 0 Å². The van der Waals surface area contributed by atoms with Crippen LogP contribution in [-0.4, -0.2) is 26.3 Å². The fourth-order valence-electron chi connectivity index (χ4n) is 2.31. The van der Waals surface area contributed by atoms with Crippen LogP contribution in [0.2, 0.25) is 0 Å². The number of aryl methyl sites for hydroxylation is 3. The first-order valence-corrected chi connectivity index (χ1v) is 10.0. The van der Waals surface area contributed by atoms with Gasteiger partial charge in [-0.1, -0.05) is 36.0 Å². The van der Waals surface area contributed by atoms with Crippen molar-refractivity contribution < 1.29 is 9.53 Å². The fourth-order valence-corrected chi connectivity index (χ4v) is 4.09. The summed E-state index contributed by atoms with van der Waals surface area (Å²) in [4.78, 5) is 30.0. The molecule has 0 aliphatic carbocycles. The minimum atomic E-state index is -0.337. The Labute approximate surface area is 159 Å². The van der Waals surface area contributed by atoms with E-state index in [1.807, 2.05) is 32.9 Å². The average molecular weight is 390 g/mol. The van der Waals surface area contributed by atoms with Gasteiger partial charge in [-0.05, 0) is 31.9 Å². The number of nitrogens with zero attached hydrogens (tertiary/aromatic N) is 3. The van der Waals surface area contributed by atoms with Gasteiger partial charge in [-0.2, -0.15) is 9.61 Å². The van der Waals surface area contributed by atoms with Gasteiger partial charge >= 0.3 is 5.97 Å². The minimum absolute atomic E-state index is 0.0166. The van der Waals surface area contributed by atoms with Crippen molar-refractivity contribution in [3.8, 4) is 0 Å². The Morgan fingerprint density at radius 1 is 1.31 bits per heavy atom. The van der Waals surface area contributed by atoms with E-state index in [4.69, 9.17) is 4.74 Å². The molecule has 8 heteroatoms. The first kappa shape index (κ1) is 18.6. The lowest BCUT2D eigenvalue weighted by Gasteiger charge is -2.07. The van der Waals surface area contributed by atoms with Crippen molar-refractivity contribution >= 4 is 34.0 Å². The molecule has 6 nitrogen and oxygen atoms in total. The van der Waals surface area contributed by atoms with Crippen LogP contribution in [-0.2, 0) is 22.6 Å². The highest BCUT2D eigenvalue weighted by Crippen LogP contribution is 2.23. The van der Waals surface area contributed by atoms with Gasteiger partial charge in [-0.3, -0.25) is 9.59 Å². The first-order valence-electron chi connectivity index (χ1n) is 8.20. The van der Waals surface area contributed by atoms with Crippen LogP contribution in [0.1, 0.15) is 28.8 Å². The molecule has 0 aliphatic rings. The van der Waals surface area contributed by atoms with Gasteiger partial charge in [0.1, 0.15) is 11.6 Å². The Kier molecular flexibility index (Phi) is 5.73. The summed E-state index contributed by atoms with van der Waals surface area (Å²) in [6.45, 7) is 5.99. The van der Waals surface area contributed by atoms with Crippen molar-refractivity contribution in [1.82, 2.24) is 14.6 Å². The Bertz CT molecular complexity index is 1010. The highest BCUT2D eigenvalue weighted by molar-refractivity contribution is 8.00. The quantitative estimate of drug-likeness (QED) is 0.476. The average Bonchev–Trinajstić information content (AvgIpc) is 3.04. The summed E-state index contributed by atoms with van der Waals surface area (Å²) in [5.74, 6) is -0.122. The third kappa shape index (κ3) is 4.31. The molecule has 0 amide bonds. The predicted octanol–water partition coefficient (Wildman–Crippen LogP) is 3.17. The van der Waals surface area contributed by atoms with Crippen molar-refractivity contribution in [2.24, 2.45) is 0 Å². The molecule has 0 bridgehead atoms. The van der Waals surface area contributed by atoms with Gasteiger partial charge in [0, 0.05) is 11.0 Å². The molecule has 0 saturated carbocycles. The van der Waals surface area contributed by atoms with Crippen LogP contribution < -0.4 is 5.56 Å². The Morgan fingerprint density at radius 2 is 2.12 bits per heavy atom. The third-order valence-electron chi connectivity index (χ3n) is 3.71. The van der Waals surface area contributed by atoms with Crippen LogP contribution in [0.4, 0.5) is 0 Å². The molecule has 0 radical (unpaired) electrons. The van der Waals surface area contributed by atoms with Gasteiger partial charge in [0.2, 0.25) is 4.96 Å². The second-order valence-corrected chi connectivity index (χ2v) is 7.91. The van der Waals surface area contributed by atoms with E-state index in [2.05, 4.69) is 16.1 Å². The van der Waals surface area contributed by atoms with Gasteiger partial charge in [0.25, 0.3) is 5.56 Å². The van der Waals surface area contributed by atoms with Crippen LogP contribution in [0.25, 0.3) is 4.96 Å². The van der Waals surface area contributed by atoms with E-state index in [0.29, 0.717) is 10.7 Å². The van der Waals surface area contributed by atoms with Gasteiger partial charge in [0.05, 0.1) is 11.4 Å². The molecule has 26 heavy (non-hydrogen) atoms. The number of hydrogen-bond acceptors (Lipinski definition) is 7. The van der Waals surface area contributed by atoms with Gasteiger partial charge in [-0.25, -0.2) is 4.98 Å². The topological polar surface area (TPSA) is 73.6 Å². The SMILES string of the molecule is CCc1nn2c(=O)cc(COC(=O)CSc3cc(C)ccc3C)nc2s1. The summed E-state index contributed by atoms with van der Waals surface area (Å²) < 4.78 is 6.55. The first-order chi connectivity index (χ1) is 12.5. The van der Waals surface area contributed by atoms with Gasteiger partial charge in [-0.15, -0.1) is 11.8 Å². The van der Waals surface area contributed by atoms with Crippen molar-refractivity contribution in [3.63, 3.8) is 0 Å². The number of ether oxygens (including phenoxy) is 1. The van der Waals surface area contributed by atoms with Crippen LogP contribution in [0.15, 0.2) is 34.0 Å². The number of thioether (sulfide) groups is 1. The van der Waals surface area contributed by atoms with Crippen molar-refractivity contribution in [2.75, 3.05) is 5.75 Å².